The number of hydrogen-bond donors (Lipinski definition) is 1. The Morgan fingerprint density at radius 1 is 1.16 bits per heavy atom. The molecular formula is C23H27N5O4. The fourth-order valence-corrected chi connectivity index (χ4v) is 4.34. The maximum Gasteiger partial charge on any atom is 0.271 e. The minimum Gasteiger partial charge on any atom is -0.497 e. The number of methoxy groups -OCH3 is 2. The molecule has 9 nitrogen and oxygen atoms in total. The number of carbonyl (C=O) groups excluding carboxylic acids is 2. The molecule has 168 valence electrons. The fourth-order valence-electron chi connectivity index (χ4n) is 4.34. The summed E-state index contributed by atoms with van der Waals surface area (Å²) in [6.45, 7) is 2.33. The highest BCUT2D eigenvalue weighted by atomic mass is 16.5. The summed E-state index contributed by atoms with van der Waals surface area (Å²) in [4.78, 5) is 35.9. The van der Waals surface area contributed by atoms with Crippen molar-refractivity contribution in [2.75, 3.05) is 20.8 Å². The lowest BCUT2D eigenvalue weighted by molar-refractivity contribution is 0.0589. The van der Waals surface area contributed by atoms with Crippen molar-refractivity contribution in [2.24, 2.45) is 12.8 Å². The molecule has 3 heterocycles. The molecule has 0 bridgehead atoms. The van der Waals surface area contributed by atoms with E-state index >= 15 is 0 Å². The summed E-state index contributed by atoms with van der Waals surface area (Å²) in [5.74, 6) is 1.16. The molecule has 1 atom stereocenters. The summed E-state index contributed by atoms with van der Waals surface area (Å²) in [5.41, 5.74) is 7.58. The number of benzene rings is 1. The van der Waals surface area contributed by atoms with Crippen LogP contribution in [-0.2, 0) is 7.05 Å². The number of likely N-dealkylation sites (tertiary alicyclic amines) is 1. The first-order valence-corrected chi connectivity index (χ1v) is 10.5. The zero-order valence-corrected chi connectivity index (χ0v) is 18.7. The average Bonchev–Trinajstić information content (AvgIpc) is 3.14. The Hall–Kier alpha value is -3.62. The number of ether oxygens (including phenoxy) is 2. The molecule has 2 N–H and O–H groups in total. The van der Waals surface area contributed by atoms with Crippen molar-refractivity contribution in [1.82, 2.24) is 19.4 Å². The van der Waals surface area contributed by atoms with E-state index in [2.05, 4.69) is 9.97 Å². The van der Waals surface area contributed by atoms with Crippen LogP contribution in [0.1, 0.15) is 57.7 Å². The standard InChI is InChI=1S/C23H27N5O4/c1-13-16(21(24)29)12-25-22(26-13)17-7-5-6-8-28(17)23(30)19-11-15-18(27(19)2)9-14(31-3)10-20(15)32-4/h9-12,17H,5-8H2,1-4H3,(H2,24,29)/t17-/m1/s1. The molecule has 2 amide bonds. The first-order valence-electron chi connectivity index (χ1n) is 10.5. The lowest BCUT2D eigenvalue weighted by atomic mass is 10.0. The summed E-state index contributed by atoms with van der Waals surface area (Å²) in [6, 6.07) is 5.27. The molecule has 0 unspecified atom stereocenters. The Morgan fingerprint density at radius 3 is 2.59 bits per heavy atom. The summed E-state index contributed by atoms with van der Waals surface area (Å²) in [7, 11) is 5.05. The summed E-state index contributed by atoms with van der Waals surface area (Å²) < 4.78 is 12.8. The van der Waals surface area contributed by atoms with Gasteiger partial charge in [-0.1, -0.05) is 0 Å². The van der Waals surface area contributed by atoms with Crippen LogP contribution in [-0.4, -0.2) is 52.0 Å². The van der Waals surface area contributed by atoms with E-state index in [9.17, 15) is 9.59 Å². The monoisotopic (exact) mass is 437 g/mol. The number of piperidine rings is 1. The van der Waals surface area contributed by atoms with E-state index in [4.69, 9.17) is 15.2 Å². The highest BCUT2D eigenvalue weighted by Crippen LogP contribution is 2.35. The van der Waals surface area contributed by atoms with E-state index in [0.717, 1.165) is 30.2 Å². The van der Waals surface area contributed by atoms with Gasteiger partial charge in [0.15, 0.2) is 5.82 Å². The fraction of sp³-hybridized carbons (Fsp3) is 0.391. The molecule has 32 heavy (non-hydrogen) atoms. The van der Waals surface area contributed by atoms with Crippen molar-refractivity contribution in [2.45, 2.75) is 32.2 Å². The molecule has 0 spiro atoms. The first-order chi connectivity index (χ1) is 15.3. The van der Waals surface area contributed by atoms with Gasteiger partial charge in [0.25, 0.3) is 11.8 Å². The molecule has 1 aliphatic heterocycles. The van der Waals surface area contributed by atoms with E-state index < -0.39 is 5.91 Å². The third kappa shape index (κ3) is 3.63. The molecule has 1 fully saturated rings. The van der Waals surface area contributed by atoms with E-state index in [1.54, 1.807) is 27.2 Å². The quantitative estimate of drug-likeness (QED) is 0.657. The molecule has 0 aliphatic carbocycles. The molecular weight excluding hydrogens is 410 g/mol. The summed E-state index contributed by atoms with van der Waals surface area (Å²) in [5, 5.41) is 0.839. The Balaban J connectivity index is 1.74. The van der Waals surface area contributed by atoms with Crippen molar-refractivity contribution < 1.29 is 19.1 Å². The molecule has 1 aliphatic rings. The zero-order valence-electron chi connectivity index (χ0n) is 18.7. The Kier molecular flexibility index (Phi) is 5.73. The third-order valence-electron chi connectivity index (χ3n) is 6.10. The Morgan fingerprint density at radius 2 is 1.94 bits per heavy atom. The second-order valence-corrected chi connectivity index (χ2v) is 7.95. The van der Waals surface area contributed by atoms with Crippen LogP contribution in [0.4, 0.5) is 0 Å². The van der Waals surface area contributed by atoms with Crippen molar-refractivity contribution in [1.29, 1.82) is 0 Å². The molecule has 4 rings (SSSR count). The molecule has 1 saturated heterocycles. The molecule has 0 radical (unpaired) electrons. The molecule has 1 aromatic carbocycles. The largest absolute Gasteiger partial charge is 0.497 e. The van der Waals surface area contributed by atoms with Gasteiger partial charge in [0.05, 0.1) is 37.0 Å². The van der Waals surface area contributed by atoms with Crippen molar-refractivity contribution in [3.05, 3.63) is 47.2 Å². The highest BCUT2D eigenvalue weighted by Gasteiger charge is 2.32. The minimum atomic E-state index is -0.564. The van der Waals surface area contributed by atoms with Crippen LogP contribution >= 0.6 is 0 Å². The molecule has 3 aromatic rings. The number of primary amides is 1. The summed E-state index contributed by atoms with van der Waals surface area (Å²) in [6.07, 6.45) is 4.07. The summed E-state index contributed by atoms with van der Waals surface area (Å²) >= 11 is 0. The van der Waals surface area contributed by atoms with Gasteiger partial charge in [-0.05, 0) is 32.3 Å². The second kappa shape index (κ2) is 8.49. The van der Waals surface area contributed by atoms with E-state index in [1.807, 2.05) is 28.6 Å². The lowest BCUT2D eigenvalue weighted by Gasteiger charge is -2.35. The van der Waals surface area contributed by atoms with Crippen LogP contribution in [0.3, 0.4) is 0 Å². The normalized spacial score (nSPS) is 16.2. The number of hydrogen-bond acceptors (Lipinski definition) is 6. The van der Waals surface area contributed by atoms with Gasteiger partial charge in [0.1, 0.15) is 17.2 Å². The van der Waals surface area contributed by atoms with Gasteiger partial charge >= 0.3 is 0 Å². The van der Waals surface area contributed by atoms with Crippen LogP contribution < -0.4 is 15.2 Å². The Bertz CT molecular complexity index is 1200. The number of nitrogens with zero attached hydrogens (tertiary/aromatic N) is 4. The molecule has 9 heteroatoms. The van der Waals surface area contributed by atoms with Crippen LogP contribution in [0.5, 0.6) is 11.5 Å². The zero-order chi connectivity index (χ0) is 23.0. The average molecular weight is 438 g/mol. The van der Waals surface area contributed by atoms with E-state index in [1.165, 1.54) is 6.20 Å². The van der Waals surface area contributed by atoms with Gasteiger partial charge < -0.3 is 24.7 Å². The number of carbonyl (C=O) groups is 2. The maximum atomic E-state index is 13.7. The predicted molar refractivity (Wildman–Crippen MR) is 119 cm³/mol. The first kappa shape index (κ1) is 21.6. The number of rotatable bonds is 5. The van der Waals surface area contributed by atoms with Crippen LogP contribution in [0.2, 0.25) is 0 Å². The minimum absolute atomic E-state index is 0.102. The third-order valence-corrected chi connectivity index (χ3v) is 6.10. The molecule has 2 aromatic heterocycles. The molecule has 0 saturated carbocycles. The van der Waals surface area contributed by atoms with Crippen molar-refractivity contribution in [3.63, 3.8) is 0 Å². The van der Waals surface area contributed by atoms with E-state index in [0.29, 0.717) is 35.3 Å². The number of aromatic nitrogens is 3. The Labute approximate surface area is 186 Å². The van der Waals surface area contributed by atoms with Crippen molar-refractivity contribution >= 4 is 22.7 Å². The van der Waals surface area contributed by atoms with Gasteiger partial charge in [0, 0.05) is 37.3 Å². The van der Waals surface area contributed by atoms with Gasteiger partial charge in [-0.25, -0.2) is 9.97 Å². The highest BCUT2D eigenvalue weighted by molar-refractivity contribution is 6.01. The topological polar surface area (TPSA) is 113 Å². The van der Waals surface area contributed by atoms with Crippen LogP contribution in [0.15, 0.2) is 24.4 Å². The number of amides is 2. The van der Waals surface area contributed by atoms with Gasteiger partial charge in [0.2, 0.25) is 0 Å². The maximum absolute atomic E-state index is 13.7. The second-order valence-electron chi connectivity index (χ2n) is 7.95. The number of fused-ring (bicyclic) bond motifs is 1. The van der Waals surface area contributed by atoms with Crippen LogP contribution in [0, 0.1) is 6.92 Å². The van der Waals surface area contributed by atoms with Gasteiger partial charge in [-0.3, -0.25) is 9.59 Å². The van der Waals surface area contributed by atoms with E-state index in [-0.39, 0.29) is 17.5 Å². The lowest BCUT2D eigenvalue weighted by Crippen LogP contribution is -2.40. The number of aryl methyl sites for hydroxylation is 2. The smallest absolute Gasteiger partial charge is 0.271 e. The van der Waals surface area contributed by atoms with Gasteiger partial charge in [-0.2, -0.15) is 0 Å². The predicted octanol–water partition coefficient (Wildman–Crippen LogP) is 2.76. The van der Waals surface area contributed by atoms with Crippen molar-refractivity contribution in [3.8, 4) is 11.5 Å². The van der Waals surface area contributed by atoms with Crippen LogP contribution in [0.25, 0.3) is 10.9 Å². The van der Waals surface area contributed by atoms with Gasteiger partial charge in [-0.15, -0.1) is 0 Å². The number of nitrogens with two attached hydrogens (primary N) is 1. The SMILES string of the molecule is COc1cc(OC)c2cc(C(=O)N3CCCC[C@@H]3c3ncc(C(N)=O)c(C)n3)n(C)c2c1.